The van der Waals surface area contributed by atoms with Crippen molar-refractivity contribution in [2.45, 2.75) is 6.54 Å². The average Bonchev–Trinajstić information content (AvgIpc) is 2.90. The quantitative estimate of drug-likeness (QED) is 0.594. The highest BCUT2D eigenvalue weighted by Gasteiger charge is 2.12. The van der Waals surface area contributed by atoms with Crippen LogP contribution in [0.5, 0.6) is 5.88 Å². The van der Waals surface area contributed by atoms with Gasteiger partial charge in [-0.25, -0.2) is 0 Å². The number of aromatic nitrogens is 2. The lowest BCUT2D eigenvalue weighted by molar-refractivity contribution is 0.00262. The molecule has 0 aliphatic heterocycles. The van der Waals surface area contributed by atoms with Gasteiger partial charge in [-0.1, -0.05) is 0 Å². The molecule has 7 heteroatoms. The molecule has 0 bridgehead atoms. The molecule has 0 unspecified atom stereocenters. The molecule has 17 heavy (non-hydrogen) atoms. The Balaban J connectivity index is 1.98. The Bertz CT molecular complexity index is 468. The van der Waals surface area contributed by atoms with Gasteiger partial charge in [0.15, 0.2) is 4.96 Å². The number of nitrogens with zero attached hydrogens (tertiary/aromatic N) is 2. The summed E-state index contributed by atoms with van der Waals surface area (Å²) in [5, 5.41) is 1.98. The molecule has 0 amide bonds. The van der Waals surface area contributed by atoms with Crippen molar-refractivity contribution in [3.8, 4) is 5.88 Å². The van der Waals surface area contributed by atoms with Crippen LogP contribution in [0.25, 0.3) is 4.96 Å². The van der Waals surface area contributed by atoms with Crippen LogP contribution in [0.4, 0.5) is 0 Å². The Hall–Kier alpha value is -1.15. The first-order valence-electron chi connectivity index (χ1n) is 5.18. The lowest BCUT2D eigenvalue weighted by Gasteiger charge is -2.05. The number of hydrogen-bond donors (Lipinski definition) is 1. The van der Waals surface area contributed by atoms with Crippen molar-refractivity contribution >= 4 is 16.3 Å². The Morgan fingerprint density at radius 3 is 3.06 bits per heavy atom. The second-order valence-corrected chi connectivity index (χ2v) is 4.16. The molecule has 0 saturated heterocycles. The van der Waals surface area contributed by atoms with E-state index in [0.29, 0.717) is 25.6 Å². The molecule has 94 valence electrons. The van der Waals surface area contributed by atoms with E-state index in [-0.39, 0.29) is 0 Å². The molecule has 2 heterocycles. The smallest absolute Gasteiger partial charge is 0.237 e. The van der Waals surface area contributed by atoms with Gasteiger partial charge in [0.25, 0.3) is 0 Å². The van der Waals surface area contributed by atoms with Crippen LogP contribution in [0.15, 0.2) is 11.6 Å². The first-order valence-corrected chi connectivity index (χ1v) is 6.06. The molecule has 2 aromatic heterocycles. The largest absolute Gasteiger partial charge is 0.480 e. The molecule has 0 aromatic carbocycles. The minimum Gasteiger partial charge on any atom is -0.480 e. The third kappa shape index (κ3) is 2.75. The summed E-state index contributed by atoms with van der Waals surface area (Å²) in [5.41, 5.74) is 3.81. The van der Waals surface area contributed by atoms with Gasteiger partial charge in [0.05, 0.1) is 26.9 Å². The summed E-state index contributed by atoms with van der Waals surface area (Å²) in [6, 6.07) is 0. The van der Waals surface area contributed by atoms with Crippen LogP contribution in [-0.2, 0) is 16.1 Å². The second-order valence-electron chi connectivity index (χ2n) is 3.29. The molecular formula is C10H15N3O3S. The number of thiazole rings is 1. The molecule has 1 N–H and O–H groups in total. The summed E-state index contributed by atoms with van der Waals surface area (Å²) in [7, 11) is 3.25. The van der Waals surface area contributed by atoms with Crippen LogP contribution < -0.4 is 10.2 Å². The molecule has 0 saturated carbocycles. The summed E-state index contributed by atoms with van der Waals surface area (Å²) in [6.45, 7) is 1.60. The van der Waals surface area contributed by atoms with Crippen molar-refractivity contribution in [2.24, 2.45) is 0 Å². The fourth-order valence-corrected chi connectivity index (χ4v) is 2.18. The van der Waals surface area contributed by atoms with E-state index in [2.05, 4.69) is 10.5 Å². The fourth-order valence-electron chi connectivity index (χ4n) is 1.45. The molecule has 6 nitrogen and oxygen atoms in total. The summed E-state index contributed by atoms with van der Waals surface area (Å²) in [6.07, 6.45) is 1.96. The van der Waals surface area contributed by atoms with E-state index < -0.39 is 0 Å². The predicted octanol–water partition coefficient (Wildman–Crippen LogP) is 1.07. The average molecular weight is 257 g/mol. The van der Waals surface area contributed by atoms with Gasteiger partial charge < -0.3 is 9.47 Å². The van der Waals surface area contributed by atoms with E-state index in [0.717, 1.165) is 10.7 Å². The highest BCUT2D eigenvalue weighted by Crippen LogP contribution is 2.22. The summed E-state index contributed by atoms with van der Waals surface area (Å²) in [5.74, 6) is 0.625. The van der Waals surface area contributed by atoms with Crippen molar-refractivity contribution < 1.29 is 14.3 Å². The van der Waals surface area contributed by atoms with Crippen LogP contribution >= 0.6 is 11.3 Å². The van der Waals surface area contributed by atoms with Gasteiger partial charge in [-0.2, -0.15) is 10.5 Å². The number of fused-ring (bicyclic) bond motifs is 1. The van der Waals surface area contributed by atoms with Gasteiger partial charge in [-0.15, -0.1) is 11.3 Å². The molecule has 0 aliphatic rings. The number of hydroxylamine groups is 1. The third-order valence-electron chi connectivity index (χ3n) is 2.25. The van der Waals surface area contributed by atoms with Gasteiger partial charge in [0.1, 0.15) is 5.69 Å². The summed E-state index contributed by atoms with van der Waals surface area (Å²) < 4.78 is 12.1. The fraction of sp³-hybridized carbons (Fsp3) is 0.500. The Labute approximate surface area is 103 Å². The standard InChI is InChI=1S/C10H15N3O3S/c1-14-4-5-16-11-7-8-9(15-2)12-10-13(8)3-6-17-10/h3,6,11H,4-5,7H2,1-2H3. The van der Waals surface area contributed by atoms with Gasteiger partial charge in [0, 0.05) is 18.7 Å². The lowest BCUT2D eigenvalue weighted by atomic mass is 10.4. The van der Waals surface area contributed by atoms with Crippen molar-refractivity contribution in [3.63, 3.8) is 0 Å². The number of ether oxygens (including phenoxy) is 2. The lowest BCUT2D eigenvalue weighted by Crippen LogP contribution is -2.18. The molecular weight excluding hydrogens is 242 g/mol. The molecule has 0 aliphatic carbocycles. The van der Waals surface area contributed by atoms with Gasteiger partial charge in [-0.3, -0.25) is 9.24 Å². The van der Waals surface area contributed by atoms with Crippen LogP contribution in [0.2, 0.25) is 0 Å². The van der Waals surface area contributed by atoms with E-state index in [1.54, 1.807) is 25.6 Å². The van der Waals surface area contributed by atoms with E-state index in [9.17, 15) is 0 Å². The second kappa shape index (κ2) is 5.97. The third-order valence-corrected chi connectivity index (χ3v) is 3.01. The van der Waals surface area contributed by atoms with E-state index in [1.165, 1.54) is 0 Å². The van der Waals surface area contributed by atoms with Crippen molar-refractivity contribution in [3.05, 3.63) is 17.3 Å². The van der Waals surface area contributed by atoms with Gasteiger partial charge in [0.2, 0.25) is 5.88 Å². The number of nitrogens with one attached hydrogen (secondary N) is 1. The highest BCUT2D eigenvalue weighted by molar-refractivity contribution is 7.15. The van der Waals surface area contributed by atoms with Crippen molar-refractivity contribution in [1.29, 1.82) is 0 Å². The van der Waals surface area contributed by atoms with Crippen molar-refractivity contribution in [1.82, 2.24) is 14.9 Å². The zero-order chi connectivity index (χ0) is 12.1. The molecule has 0 atom stereocenters. The maximum atomic E-state index is 5.22. The number of rotatable bonds is 7. The minimum atomic E-state index is 0.504. The highest BCUT2D eigenvalue weighted by atomic mass is 32.1. The van der Waals surface area contributed by atoms with Crippen LogP contribution in [0.1, 0.15) is 5.69 Å². The number of imidazole rings is 1. The Morgan fingerprint density at radius 2 is 2.29 bits per heavy atom. The summed E-state index contributed by atoms with van der Waals surface area (Å²) >= 11 is 1.57. The summed E-state index contributed by atoms with van der Waals surface area (Å²) in [4.78, 5) is 10.5. The van der Waals surface area contributed by atoms with Crippen LogP contribution in [0, 0.1) is 0 Å². The van der Waals surface area contributed by atoms with Crippen LogP contribution in [0.3, 0.4) is 0 Å². The molecule has 0 fully saturated rings. The molecule has 0 spiro atoms. The first kappa shape index (κ1) is 12.3. The predicted molar refractivity (Wildman–Crippen MR) is 64.3 cm³/mol. The first-order chi connectivity index (χ1) is 8.36. The van der Waals surface area contributed by atoms with Gasteiger partial charge >= 0.3 is 0 Å². The maximum Gasteiger partial charge on any atom is 0.237 e. The van der Waals surface area contributed by atoms with E-state index in [1.807, 2.05) is 16.0 Å². The Kier molecular flexibility index (Phi) is 4.32. The van der Waals surface area contributed by atoms with Gasteiger partial charge in [-0.05, 0) is 0 Å². The minimum absolute atomic E-state index is 0.504. The number of methoxy groups -OCH3 is 2. The Morgan fingerprint density at radius 1 is 1.41 bits per heavy atom. The van der Waals surface area contributed by atoms with E-state index in [4.69, 9.17) is 14.3 Å². The molecule has 2 rings (SSSR count). The topological polar surface area (TPSA) is 57.0 Å². The van der Waals surface area contributed by atoms with E-state index >= 15 is 0 Å². The monoisotopic (exact) mass is 257 g/mol. The van der Waals surface area contributed by atoms with Crippen molar-refractivity contribution in [2.75, 3.05) is 27.4 Å². The van der Waals surface area contributed by atoms with Crippen LogP contribution in [-0.4, -0.2) is 36.8 Å². The SMILES string of the molecule is COCCONCc1c(OC)nc2sccn12. The normalized spacial score (nSPS) is 11.2. The number of hydrogen-bond acceptors (Lipinski definition) is 6. The zero-order valence-corrected chi connectivity index (χ0v) is 10.6. The zero-order valence-electron chi connectivity index (χ0n) is 9.80. The maximum absolute atomic E-state index is 5.22. The molecule has 2 aromatic rings. The molecule has 0 radical (unpaired) electrons.